The predicted octanol–water partition coefficient (Wildman–Crippen LogP) is 2.65. The quantitative estimate of drug-likeness (QED) is 0.674. The SMILES string of the molecule is CCCc1nnc(NC(=O)c2cccc([N+](=O)[O-])c2)s1. The second kappa shape index (κ2) is 6.20. The molecule has 0 aliphatic carbocycles. The second-order valence-corrected chi connectivity index (χ2v) is 5.07. The minimum Gasteiger partial charge on any atom is -0.296 e. The number of aryl methyl sites for hydroxylation is 1. The van der Waals surface area contributed by atoms with Crippen LogP contribution in [0.5, 0.6) is 0 Å². The molecule has 20 heavy (non-hydrogen) atoms. The molecular formula is C12H12N4O3S. The van der Waals surface area contributed by atoms with Crippen molar-refractivity contribution in [3.63, 3.8) is 0 Å². The van der Waals surface area contributed by atoms with Crippen LogP contribution in [0.1, 0.15) is 28.7 Å². The summed E-state index contributed by atoms with van der Waals surface area (Å²) in [5.41, 5.74) is 0.0908. The Bertz CT molecular complexity index is 641. The average Bonchev–Trinajstić information content (AvgIpc) is 2.86. The highest BCUT2D eigenvalue weighted by Crippen LogP contribution is 2.19. The van der Waals surface area contributed by atoms with Crippen LogP contribution in [0.15, 0.2) is 24.3 Å². The molecule has 1 amide bonds. The third kappa shape index (κ3) is 3.35. The van der Waals surface area contributed by atoms with E-state index in [0.717, 1.165) is 17.8 Å². The van der Waals surface area contributed by atoms with Gasteiger partial charge in [-0.2, -0.15) is 0 Å². The van der Waals surface area contributed by atoms with Crippen molar-refractivity contribution in [1.82, 2.24) is 10.2 Å². The maximum atomic E-state index is 12.0. The lowest BCUT2D eigenvalue weighted by Crippen LogP contribution is -2.11. The summed E-state index contributed by atoms with van der Waals surface area (Å²) >= 11 is 1.30. The van der Waals surface area contributed by atoms with Crippen molar-refractivity contribution >= 4 is 28.1 Å². The number of aromatic nitrogens is 2. The van der Waals surface area contributed by atoms with Crippen LogP contribution in [0.4, 0.5) is 10.8 Å². The Balaban J connectivity index is 2.11. The molecule has 1 aromatic carbocycles. The van der Waals surface area contributed by atoms with Crippen LogP contribution < -0.4 is 5.32 Å². The first-order chi connectivity index (χ1) is 9.60. The van der Waals surface area contributed by atoms with Gasteiger partial charge in [-0.1, -0.05) is 24.3 Å². The topological polar surface area (TPSA) is 98.0 Å². The summed E-state index contributed by atoms with van der Waals surface area (Å²) in [7, 11) is 0. The van der Waals surface area contributed by atoms with Gasteiger partial charge in [-0.15, -0.1) is 10.2 Å². The van der Waals surface area contributed by atoms with Crippen molar-refractivity contribution in [3.8, 4) is 0 Å². The van der Waals surface area contributed by atoms with Crippen molar-refractivity contribution in [2.45, 2.75) is 19.8 Å². The fourth-order valence-corrected chi connectivity index (χ4v) is 2.39. The first-order valence-corrected chi connectivity index (χ1v) is 6.80. The molecule has 2 rings (SSSR count). The maximum absolute atomic E-state index is 12.0. The Kier molecular flexibility index (Phi) is 4.36. The van der Waals surface area contributed by atoms with Gasteiger partial charge in [0.2, 0.25) is 5.13 Å². The number of amides is 1. The van der Waals surface area contributed by atoms with Gasteiger partial charge in [-0.25, -0.2) is 0 Å². The van der Waals surface area contributed by atoms with Crippen LogP contribution in [0.2, 0.25) is 0 Å². The van der Waals surface area contributed by atoms with Crippen LogP contribution in [0.3, 0.4) is 0 Å². The molecule has 104 valence electrons. The number of anilines is 1. The van der Waals surface area contributed by atoms with Crippen molar-refractivity contribution in [2.24, 2.45) is 0 Å². The second-order valence-electron chi connectivity index (χ2n) is 4.01. The van der Waals surface area contributed by atoms with Crippen LogP contribution in [-0.4, -0.2) is 21.0 Å². The molecule has 0 spiro atoms. The lowest BCUT2D eigenvalue weighted by atomic mass is 10.2. The summed E-state index contributed by atoms with van der Waals surface area (Å²) in [4.78, 5) is 22.1. The summed E-state index contributed by atoms with van der Waals surface area (Å²) < 4.78 is 0. The zero-order valence-electron chi connectivity index (χ0n) is 10.7. The lowest BCUT2D eigenvalue weighted by molar-refractivity contribution is -0.384. The average molecular weight is 292 g/mol. The first kappa shape index (κ1) is 14.1. The molecule has 0 saturated heterocycles. The molecule has 0 atom stereocenters. The van der Waals surface area contributed by atoms with E-state index < -0.39 is 10.8 Å². The van der Waals surface area contributed by atoms with Gasteiger partial charge < -0.3 is 0 Å². The smallest absolute Gasteiger partial charge is 0.270 e. The van der Waals surface area contributed by atoms with Crippen molar-refractivity contribution < 1.29 is 9.72 Å². The zero-order chi connectivity index (χ0) is 14.5. The van der Waals surface area contributed by atoms with Gasteiger partial charge >= 0.3 is 0 Å². The van der Waals surface area contributed by atoms with Gasteiger partial charge in [-0.05, 0) is 12.5 Å². The predicted molar refractivity (Wildman–Crippen MR) is 75.0 cm³/mol. The van der Waals surface area contributed by atoms with Crippen LogP contribution in [0.25, 0.3) is 0 Å². The maximum Gasteiger partial charge on any atom is 0.270 e. The van der Waals surface area contributed by atoms with E-state index >= 15 is 0 Å². The molecule has 0 bridgehead atoms. The van der Waals surface area contributed by atoms with Gasteiger partial charge in [0.1, 0.15) is 5.01 Å². The van der Waals surface area contributed by atoms with Crippen molar-refractivity contribution in [1.29, 1.82) is 0 Å². The Morgan fingerprint density at radius 3 is 2.95 bits per heavy atom. The molecule has 0 unspecified atom stereocenters. The molecule has 0 saturated carbocycles. The van der Waals surface area contributed by atoms with E-state index in [0.29, 0.717) is 5.13 Å². The van der Waals surface area contributed by atoms with E-state index in [-0.39, 0.29) is 11.3 Å². The number of non-ortho nitro benzene ring substituents is 1. The number of nitrogens with one attached hydrogen (secondary N) is 1. The minimum absolute atomic E-state index is 0.124. The monoisotopic (exact) mass is 292 g/mol. The van der Waals surface area contributed by atoms with Gasteiger partial charge in [0.25, 0.3) is 11.6 Å². The molecule has 1 N–H and O–H groups in total. The summed E-state index contributed by atoms with van der Waals surface area (Å²) in [5.74, 6) is -0.437. The fraction of sp³-hybridized carbons (Fsp3) is 0.250. The van der Waals surface area contributed by atoms with Gasteiger partial charge in [0.05, 0.1) is 4.92 Å². The van der Waals surface area contributed by atoms with Crippen LogP contribution in [0, 0.1) is 10.1 Å². The standard InChI is InChI=1S/C12H12N4O3S/c1-2-4-10-14-15-12(20-10)13-11(17)8-5-3-6-9(7-8)16(18)19/h3,5-7H,2,4H2,1H3,(H,13,15,17). The largest absolute Gasteiger partial charge is 0.296 e. The van der Waals surface area contributed by atoms with Crippen LogP contribution in [-0.2, 0) is 6.42 Å². The molecule has 8 heteroatoms. The summed E-state index contributed by atoms with van der Waals surface area (Å²) in [6.07, 6.45) is 1.76. The number of carbonyl (C=O) groups is 1. The number of benzene rings is 1. The number of hydrogen-bond donors (Lipinski definition) is 1. The van der Waals surface area contributed by atoms with Gasteiger partial charge in [0.15, 0.2) is 0 Å². The molecular weight excluding hydrogens is 280 g/mol. The highest BCUT2D eigenvalue weighted by molar-refractivity contribution is 7.15. The summed E-state index contributed by atoms with van der Waals surface area (Å²) in [5, 5.41) is 22.3. The van der Waals surface area contributed by atoms with Gasteiger partial charge in [-0.3, -0.25) is 20.2 Å². The normalized spacial score (nSPS) is 10.2. The van der Waals surface area contributed by atoms with Gasteiger partial charge in [0, 0.05) is 24.1 Å². The molecule has 0 radical (unpaired) electrons. The fourth-order valence-electron chi connectivity index (χ4n) is 1.55. The number of hydrogen-bond acceptors (Lipinski definition) is 6. The number of nitro groups is 1. The van der Waals surface area contributed by atoms with Crippen molar-refractivity contribution in [3.05, 3.63) is 45.0 Å². The summed E-state index contributed by atoms with van der Waals surface area (Å²) in [6.45, 7) is 2.03. The molecule has 2 aromatic rings. The van der Waals surface area contributed by atoms with E-state index in [1.807, 2.05) is 6.92 Å². The van der Waals surface area contributed by atoms with E-state index in [4.69, 9.17) is 0 Å². The molecule has 0 aliphatic heterocycles. The van der Waals surface area contributed by atoms with E-state index in [1.54, 1.807) is 0 Å². The number of nitro benzene ring substituents is 1. The number of rotatable bonds is 5. The Morgan fingerprint density at radius 1 is 1.45 bits per heavy atom. The zero-order valence-corrected chi connectivity index (χ0v) is 11.5. The van der Waals surface area contributed by atoms with Crippen LogP contribution >= 0.6 is 11.3 Å². The number of nitrogens with zero attached hydrogens (tertiary/aromatic N) is 3. The molecule has 0 fully saturated rings. The summed E-state index contributed by atoms with van der Waals surface area (Å²) in [6, 6.07) is 5.54. The highest BCUT2D eigenvalue weighted by atomic mass is 32.1. The van der Waals surface area contributed by atoms with Crippen molar-refractivity contribution in [2.75, 3.05) is 5.32 Å². The molecule has 0 aliphatic rings. The van der Waals surface area contributed by atoms with E-state index in [1.165, 1.54) is 35.6 Å². The molecule has 1 heterocycles. The lowest BCUT2D eigenvalue weighted by Gasteiger charge is -2.00. The Morgan fingerprint density at radius 2 is 2.25 bits per heavy atom. The Hall–Kier alpha value is -2.35. The Labute approximate surface area is 118 Å². The molecule has 1 aromatic heterocycles. The third-order valence-corrected chi connectivity index (χ3v) is 3.37. The first-order valence-electron chi connectivity index (χ1n) is 5.98. The minimum atomic E-state index is -0.541. The molecule has 7 nitrogen and oxygen atoms in total. The van der Waals surface area contributed by atoms with E-state index in [9.17, 15) is 14.9 Å². The number of carbonyl (C=O) groups excluding carboxylic acids is 1. The van der Waals surface area contributed by atoms with E-state index in [2.05, 4.69) is 15.5 Å². The third-order valence-electron chi connectivity index (χ3n) is 2.47. The highest BCUT2D eigenvalue weighted by Gasteiger charge is 2.13.